The molecule has 2 aromatic rings. The highest BCUT2D eigenvalue weighted by Crippen LogP contribution is 2.17. The molecule has 4 nitrogen and oxygen atoms in total. The lowest BCUT2D eigenvalue weighted by molar-refractivity contribution is 0.599. The summed E-state index contributed by atoms with van der Waals surface area (Å²) in [6, 6.07) is 7.67. The molecule has 0 unspecified atom stereocenters. The van der Waals surface area contributed by atoms with Gasteiger partial charge in [0.25, 0.3) is 0 Å². The highest BCUT2D eigenvalue weighted by molar-refractivity contribution is 7.91. The van der Waals surface area contributed by atoms with Crippen LogP contribution in [0.3, 0.4) is 0 Å². The zero-order valence-electron chi connectivity index (χ0n) is 9.03. The van der Waals surface area contributed by atoms with Crippen LogP contribution in [0.1, 0.15) is 6.92 Å². The zero-order valence-corrected chi connectivity index (χ0v) is 9.84. The molecule has 0 bridgehead atoms. The molecule has 86 valence electrons. The van der Waals surface area contributed by atoms with Crippen molar-refractivity contribution in [1.29, 1.82) is 0 Å². The van der Waals surface area contributed by atoms with E-state index in [1.54, 1.807) is 6.92 Å². The van der Waals surface area contributed by atoms with E-state index in [1.165, 1.54) is 0 Å². The molecule has 0 amide bonds. The second kappa shape index (κ2) is 4.17. The molecule has 0 spiro atoms. The molecule has 0 saturated carbocycles. The van der Waals surface area contributed by atoms with Crippen LogP contribution >= 0.6 is 0 Å². The average Bonchev–Trinajstić information content (AvgIpc) is 2.73. The summed E-state index contributed by atoms with van der Waals surface area (Å²) in [5.41, 5.74) is 1.87. The minimum atomic E-state index is -2.98. The predicted octanol–water partition coefficient (Wildman–Crippen LogP) is 1.97. The van der Waals surface area contributed by atoms with Crippen molar-refractivity contribution >= 4 is 26.4 Å². The molecule has 1 aromatic carbocycles. The van der Waals surface area contributed by atoms with Crippen molar-refractivity contribution in [2.75, 3.05) is 16.9 Å². The Labute approximate surface area is 94.6 Å². The Morgan fingerprint density at radius 1 is 1.31 bits per heavy atom. The van der Waals surface area contributed by atoms with Gasteiger partial charge in [-0.3, -0.25) is 0 Å². The number of aromatic nitrogens is 1. The molecular formula is C11H14N2O2S. The van der Waals surface area contributed by atoms with Crippen molar-refractivity contribution in [1.82, 2.24) is 4.98 Å². The van der Waals surface area contributed by atoms with Gasteiger partial charge in [-0.05, 0) is 24.3 Å². The first kappa shape index (κ1) is 11.0. The lowest BCUT2D eigenvalue weighted by Gasteiger charge is -2.06. The molecular weight excluding hydrogens is 224 g/mol. The number of sulfone groups is 1. The first-order valence-electron chi connectivity index (χ1n) is 5.12. The molecule has 2 N–H and O–H groups in total. The van der Waals surface area contributed by atoms with E-state index in [9.17, 15) is 8.42 Å². The van der Waals surface area contributed by atoms with Crippen molar-refractivity contribution in [3.8, 4) is 0 Å². The standard InChI is InChI=1S/C11H14N2O2S/c1-2-16(14,15)8-13-10-3-4-11-9(7-10)5-6-12-11/h3-7,12-13H,2,8H2,1H3. The van der Waals surface area contributed by atoms with Gasteiger partial charge < -0.3 is 10.3 Å². The van der Waals surface area contributed by atoms with Gasteiger partial charge in [-0.15, -0.1) is 0 Å². The first-order chi connectivity index (χ1) is 7.61. The third-order valence-electron chi connectivity index (χ3n) is 2.49. The van der Waals surface area contributed by atoms with E-state index in [-0.39, 0.29) is 11.6 Å². The van der Waals surface area contributed by atoms with Crippen LogP contribution in [0.4, 0.5) is 5.69 Å². The molecule has 16 heavy (non-hydrogen) atoms. The maximum Gasteiger partial charge on any atom is 0.167 e. The van der Waals surface area contributed by atoms with Gasteiger partial charge in [-0.1, -0.05) is 6.92 Å². The Kier molecular flexibility index (Phi) is 2.87. The summed E-state index contributed by atoms with van der Waals surface area (Å²) in [5, 5.41) is 3.98. The number of rotatable bonds is 4. The quantitative estimate of drug-likeness (QED) is 0.856. The Balaban J connectivity index is 2.15. The fourth-order valence-electron chi connectivity index (χ4n) is 1.46. The maximum atomic E-state index is 11.3. The lowest BCUT2D eigenvalue weighted by atomic mass is 10.2. The van der Waals surface area contributed by atoms with Gasteiger partial charge in [0, 0.05) is 28.5 Å². The molecule has 0 radical (unpaired) electrons. The van der Waals surface area contributed by atoms with Gasteiger partial charge >= 0.3 is 0 Å². The molecule has 0 aliphatic carbocycles. The highest BCUT2D eigenvalue weighted by atomic mass is 32.2. The summed E-state index contributed by atoms with van der Waals surface area (Å²) >= 11 is 0. The summed E-state index contributed by atoms with van der Waals surface area (Å²) in [6.45, 7) is 1.65. The molecule has 0 saturated heterocycles. The van der Waals surface area contributed by atoms with E-state index in [4.69, 9.17) is 0 Å². The molecule has 2 rings (SSSR count). The van der Waals surface area contributed by atoms with Crippen molar-refractivity contribution in [2.45, 2.75) is 6.92 Å². The van der Waals surface area contributed by atoms with Crippen molar-refractivity contribution < 1.29 is 8.42 Å². The van der Waals surface area contributed by atoms with Crippen LogP contribution in [0, 0.1) is 0 Å². The molecule has 5 heteroatoms. The summed E-state index contributed by atoms with van der Waals surface area (Å²) in [6.07, 6.45) is 1.86. The Hall–Kier alpha value is -1.49. The van der Waals surface area contributed by atoms with E-state index in [0.29, 0.717) is 0 Å². The summed E-state index contributed by atoms with van der Waals surface area (Å²) in [4.78, 5) is 3.08. The molecule has 0 fully saturated rings. The summed E-state index contributed by atoms with van der Waals surface area (Å²) < 4.78 is 22.6. The Morgan fingerprint density at radius 3 is 2.88 bits per heavy atom. The lowest BCUT2D eigenvalue weighted by Crippen LogP contribution is -2.16. The van der Waals surface area contributed by atoms with Crippen LogP contribution in [-0.4, -0.2) is 25.0 Å². The number of hydrogen-bond acceptors (Lipinski definition) is 3. The van der Waals surface area contributed by atoms with Gasteiger partial charge in [-0.25, -0.2) is 8.42 Å². The second-order valence-electron chi connectivity index (χ2n) is 3.63. The number of fused-ring (bicyclic) bond motifs is 1. The minimum absolute atomic E-state index is 0.0145. The third-order valence-corrected chi connectivity index (χ3v) is 3.95. The normalized spacial score (nSPS) is 11.8. The molecule has 1 aromatic heterocycles. The number of H-pyrrole nitrogens is 1. The SMILES string of the molecule is CCS(=O)(=O)CNc1ccc2[nH]ccc2c1. The second-order valence-corrected chi connectivity index (χ2v) is 5.99. The zero-order chi connectivity index (χ0) is 11.6. The average molecular weight is 238 g/mol. The van der Waals surface area contributed by atoms with Crippen molar-refractivity contribution in [2.24, 2.45) is 0 Å². The van der Waals surface area contributed by atoms with Crippen molar-refractivity contribution in [3.05, 3.63) is 30.5 Å². The highest BCUT2D eigenvalue weighted by Gasteiger charge is 2.06. The smallest absolute Gasteiger partial charge is 0.167 e. The number of hydrogen-bond donors (Lipinski definition) is 2. The number of nitrogens with one attached hydrogen (secondary N) is 2. The Bertz CT molecular complexity index is 587. The van der Waals surface area contributed by atoms with Crippen LogP contribution in [0.15, 0.2) is 30.5 Å². The fraction of sp³-hybridized carbons (Fsp3) is 0.273. The van der Waals surface area contributed by atoms with E-state index >= 15 is 0 Å². The predicted molar refractivity (Wildman–Crippen MR) is 66.2 cm³/mol. The number of anilines is 1. The van der Waals surface area contributed by atoms with Gasteiger partial charge in [-0.2, -0.15) is 0 Å². The number of aromatic amines is 1. The third kappa shape index (κ3) is 2.36. The van der Waals surface area contributed by atoms with Crippen LogP contribution in [0.5, 0.6) is 0 Å². The summed E-state index contributed by atoms with van der Waals surface area (Å²) in [7, 11) is -2.98. The monoisotopic (exact) mass is 238 g/mol. The van der Waals surface area contributed by atoms with E-state index < -0.39 is 9.84 Å². The molecule has 0 aliphatic rings. The molecule has 0 aliphatic heterocycles. The maximum absolute atomic E-state index is 11.3. The van der Waals surface area contributed by atoms with Crippen molar-refractivity contribution in [3.63, 3.8) is 0 Å². The van der Waals surface area contributed by atoms with Gasteiger partial charge in [0.15, 0.2) is 9.84 Å². The van der Waals surface area contributed by atoms with Crippen LogP contribution < -0.4 is 5.32 Å². The minimum Gasteiger partial charge on any atom is -0.372 e. The van der Waals surface area contributed by atoms with Gasteiger partial charge in [0.05, 0.1) is 0 Å². The van der Waals surface area contributed by atoms with Gasteiger partial charge in [0.1, 0.15) is 5.88 Å². The fourth-order valence-corrected chi connectivity index (χ4v) is 2.05. The Morgan fingerprint density at radius 2 is 2.12 bits per heavy atom. The summed E-state index contributed by atoms with van der Waals surface area (Å²) in [5.74, 6) is 0.145. The van der Waals surface area contributed by atoms with E-state index in [2.05, 4.69) is 10.3 Å². The van der Waals surface area contributed by atoms with Crippen LogP contribution in [-0.2, 0) is 9.84 Å². The van der Waals surface area contributed by atoms with Crippen LogP contribution in [0.2, 0.25) is 0 Å². The largest absolute Gasteiger partial charge is 0.372 e. The van der Waals surface area contributed by atoms with E-state index in [0.717, 1.165) is 16.6 Å². The molecule has 0 atom stereocenters. The molecule has 1 heterocycles. The van der Waals surface area contributed by atoms with Crippen LogP contribution in [0.25, 0.3) is 10.9 Å². The number of benzene rings is 1. The van der Waals surface area contributed by atoms with Gasteiger partial charge in [0.2, 0.25) is 0 Å². The topological polar surface area (TPSA) is 62.0 Å². The first-order valence-corrected chi connectivity index (χ1v) is 6.94. The van der Waals surface area contributed by atoms with E-state index in [1.807, 2.05) is 30.5 Å².